The van der Waals surface area contributed by atoms with Gasteiger partial charge in [0.05, 0.1) is 28.2 Å². The Hall–Kier alpha value is -1.01. The van der Waals surface area contributed by atoms with Gasteiger partial charge in [0, 0.05) is 11.6 Å². The molecule has 3 N–H and O–H groups in total. The van der Waals surface area contributed by atoms with Gasteiger partial charge in [-0.05, 0) is 31.5 Å². The van der Waals surface area contributed by atoms with Crippen molar-refractivity contribution >= 4 is 52.3 Å². The van der Waals surface area contributed by atoms with Crippen LogP contribution in [-0.2, 0) is 9.59 Å². The second-order valence-corrected chi connectivity index (χ2v) is 6.52. The zero-order valence-corrected chi connectivity index (χ0v) is 14.0. The van der Waals surface area contributed by atoms with Crippen LogP contribution in [-0.4, -0.2) is 36.3 Å². The molecular weight excluding hydrogens is 349 g/mol. The molecule has 1 atom stereocenters. The Bertz CT molecular complexity index is 572. The Morgan fingerprint density at radius 1 is 1.27 bits per heavy atom. The highest BCUT2D eigenvalue weighted by Gasteiger charge is 2.25. The third kappa shape index (κ3) is 4.49. The number of benzene rings is 1. The summed E-state index contributed by atoms with van der Waals surface area (Å²) < 4.78 is 0. The van der Waals surface area contributed by atoms with Gasteiger partial charge in [-0.2, -0.15) is 0 Å². The number of hydrogen-bond acceptors (Lipinski definition) is 3. The Morgan fingerprint density at radius 3 is 2.50 bits per heavy atom. The highest BCUT2D eigenvalue weighted by Crippen LogP contribution is 2.33. The van der Waals surface area contributed by atoms with Gasteiger partial charge >= 0.3 is 0 Å². The molecule has 1 aliphatic heterocycles. The van der Waals surface area contributed by atoms with E-state index < -0.39 is 0 Å². The predicted octanol–water partition coefficient (Wildman–Crippen LogP) is 2.78. The van der Waals surface area contributed by atoms with Crippen molar-refractivity contribution in [3.63, 3.8) is 0 Å². The lowest BCUT2D eigenvalue weighted by Crippen LogP contribution is -2.44. The molecule has 2 amide bonds. The molecule has 0 bridgehead atoms. The number of anilines is 1. The molecule has 1 saturated heterocycles. The number of amides is 2. The summed E-state index contributed by atoms with van der Waals surface area (Å²) in [4.78, 5) is 25.3. The number of nitrogens with one attached hydrogen (secondary N) is 1. The molecule has 1 aromatic carbocycles. The molecule has 0 aliphatic carbocycles. The van der Waals surface area contributed by atoms with Gasteiger partial charge < -0.3 is 11.1 Å². The summed E-state index contributed by atoms with van der Waals surface area (Å²) in [6.07, 6.45) is 1.60. The van der Waals surface area contributed by atoms with Crippen LogP contribution in [0.5, 0.6) is 0 Å². The summed E-state index contributed by atoms with van der Waals surface area (Å²) in [7, 11) is 0. The van der Waals surface area contributed by atoms with E-state index >= 15 is 0 Å². The first kappa shape index (κ1) is 17.3. The average molecular weight is 365 g/mol. The fourth-order valence-electron chi connectivity index (χ4n) is 2.48. The van der Waals surface area contributed by atoms with Gasteiger partial charge in [0.1, 0.15) is 0 Å². The molecule has 1 fully saturated rings. The maximum Gasteiger partial charge on any atom is 0.238 e. The number of likely N-dealkylation sites (tertiary alicyclic amines) is 1. The number of carbonyl (C=O) groups excluding carboxylic acids is 2. The van der Waals surface area contributed by atoms with E-state index in [0.717, 1.165) is 19.4 Å². The molecule has 1 heterocycles. The van der Waals surface area contributed by atoms with Crippen molar-refractivity contribution in [3.8, 4) is 0 Å². The lowest BCUT2D eigenvalue weighted by Gasteiger charge is -2.30. The van der Waals surface area contributed by atoms with Crippen molar-refractivity contribution in [2.24, 2.45) is 11.7 Å². The highest BCUT2D eigenvalue weighted by molar-refractivity contribution is 6.42. The molecule has 0 aromatic heterocycles. The quantitative estimate of drug-likeness (QED) is 0.862. The fourth-order valence-corrected chi connectivity index (χ4v) is 3.39. The van der Waals surface area contributed by atoms with E-state index in [-0.39, 0.29) is 34.3 Å². The topological polar surface area (TPSA) is 75.4 Å². The molecular formula is C14H16Cl3N3O2. The van der Waals surface area contributed by atoms with Crippen LogP contribution in [0.1, 0.15) is 12.8 Å². The second kappa shape index (κ2) is 7.51. The molecule has 0 spiro atoms. The second-order valence-electron chi connectivity index (χ2n) is 5.27. The number of hydrogen-bond donors (Lipinski definition) is 2. The van der Waals surface area contributed by atoms with Crippen LogP contribution in [0.2, 0.25) is 15.1 Å². The molecule has 1 aromatic rings. The Morgan fingerprint density at radius 2 is 1.91 bits per heavy atom. The van der Waals surface area contributed by atoms with Crippen molar-refractivity contribution < 1.29 is 9.59 Å². The van der Waals surface area contributed by atoms with Crippen molar-refractivity contribution in [2.75, 3.05) is 25.0 Å². The van der Waals surface area contributed by atoms with Gasteiger partial charge in [-0.25, -0.2) is 0 Å². The van der Waals surface area contributed by atoms with Crippen LogP contribution in [0.25, 0.3) is 0 Å². The molecule has 8 heteroatoms. The molecule has 0 unspecified atom stereocenters. The van der Waals surface area contributed by atoms with Crippen molar-refractivity contribution in [1.82, 2.24) is 4.90 Å². The number of carbonyl (C=O) groups is 2. The predicted molar refractivity (Wildman–Crippen MR) is 88.5 cm³/mol. The number of nitrogens with two attached hydrogens (primary N) is 1. The van der Waals surface area contributed by atoms with Gasteiger partial charge in [0.15, 0.2) is 0 Å². The number of primary amides is 1. The highest BCUT2D eigenvalue weighted by atomic mass is 35.5. The molecule has 2 rings (SSSR count). The van der Waals surface area contributed by atoms with Crippen molar-refractivity contribution in [3.05, 3.63) is 27.2 Å². The van der Waals surface area contributed by atoms with Gasteiger partial charge in [-0.1, -0.05) is 34.8 Å². The van der Waals surface area contributed by atoms with Crippen molar-refractivity contribution in [1.29, 1.82) is 0 Å². The van der Waals surface area contributed by atoms with Gasteiger partial charge in [0.2, 0.25) is 11.8 Å². The lowest BCUT2D eigenvalue weighted by atomic mass is 9.97. The fraction of sp³-hybridized carbons (Fsp3) is 0.429. The zero-order chi connectivity index (χ0) is 16.3. The first-order valence-electron chi connectivity index (χ1n) is 6.83. The minimum atomic E-state index is -0.325. The van der Waals surface area contributed by atoms with Crippen LogP contribution < -0.4 is 11.1 Å². The van der Waals surface area contributed by atoms with Crippen LogP contribution in [0.3, 0.4) is 0 Å². The summed E-state index contributed by atoms with van der Waals surface area (Å²) in [6.45, 7) is 1.39. The van der Waals surface area contributed by atoms with Crippen LogP contribution in [0.15, 0.2) is 12.1 Å². The zero-order valence-electron chi connectivity index (χ0n) is 11.7. The minimum Gasteiger partial charge on any atom is -0.369 e. The Balaban J connectivity index is 1.97. The smallest absolute Gasteiger partial charge is 0.238 e. The summed E-state index contributed by atoms with van der Waals surface area (Å²) in [5.41, 5.74) is 5.66. The van der Waals surface area contributed by atoms with E-state index in [1.165, 1.54) is 12.1 Å². The van der Waals surface area contributed by atoms with E-state index in [4.69, 9.17) is 40.5 Å². The molecule has 5 nitrogen and oxygen atoms in total. The number of piperidine rings is 1. The van der Waals surface area contributed by atoms with Gasteiger partial charge in [-0.15, -0.1) is 0 Å². The van der Waals surface area contributed by atoms with E-state index in [1.807, 2.05) is 4.90 Å². The standard InChI is InChI=1S/C14H16Cl3N3O2/c15-9-4-10(16)13(11(17)5-9)19-12(21)7-20-3-1-2-8(6-20)14(18)22/h4-5,8H,1-3,6-7H2,(H2,18,22)(H,19,21)/t8-/m1/s1. The molecule has 120 valence electrons. The monoisotopic (exact) mass is 363 g/mol. The number of nitrogens with zero attached hydrogens (tertiary/aromatic N) is 1. The van der Waals surface area contributed by atoms with E-state index in [1.54, 1.807) is 0 Å². The van der Waals surface area contributed by atoms with Gasteiger partial charge in [0.25, 0.3) is 0 Å². The largest absolute Gasteiger partial charge is 0.369 e. The number of rotatable bonds is 4. The Labute approximate surface area is 143 Å². The molecule has 22 heavy (non-hydrogen) atoms. The first-order chi connectivity index (χ1) is 10.4. The third-order valence-corrected chi connectivity index (χ3v) is 4.36. The lowest BCUT2D eigenvalue weighted by molar-refractivity contribution is -0.125. The third-order valence-electron chi connectivity index (χ3n) is 3.55. The molecule has 1 aliphatic rings. The van der Waals surface area contributed by atoms with E-state index in [2.05, 4.69) is 5.32 Å². The summed E-state index contributed by atoms with van der Waals surface area (Å²) in [5.74, 6) is -0.783. The maximum atomic E-state index is 12.1. The average Bonchev–Trinajstić information content (AvgIpc) is 2.43. The minimum absolute atomic E-state index is 0.152. The van der Waals surface area contributed by atoms with E-state index in [9.17, 15) is 9.59 Å². The summed E-state index contributed by atoms with van der Waals surface area (Å²) in [6, 6.07) is 3.02. The number of halogens is 3. The first-order valence-corrected chi connectivity index (χ1v) is 7.96. The van der Waals surface area contributed by atoms with Crippen LogP contribution in [0.4, 0.5) is 5.69 Å². The van der Waals surface area contributed by atoms with E-state index in [0.29, 0.717) is 17.3 Å². The van der Waals surface area contributed by atoms with Crippen LogP contribution in [0, 0.1) is 5.92 Å². The Kier molecular flexibility index (Phi) is 5.92. The molecule has 0 saturated carbocycles. The summed E-state index contributed by atoms with van der Waals surface area (Å²) >= 11 is 17.9. The van der Waals surface area contributed by atoms with Crippen LogP contribution >= 0.6 is 34.8 Å². The maximum absolute atomic E-state index is 12.1. The normalized spacial score (nSPS) is 19.0. The molecule has 0 radical (unpaired) electrons. The summed E-state index contributed by atoms with van der Waals surface area (Å²) in [5, 5.41) is 3.63. The van der Waals surface area contributed by atoms with Gasteiger partial charge in [-0.3, -0.25) is 14.5 Å². The van der Waals surface area contributed by atoms with Crippen molar-refractivity contribution in [2.45, 2.75) is 12.8 Å². The SMILES string of the molecule is NC(=O)[C@@H]1CCCN(CC(=O)Nc2c(Cl)cc(Cl)cc2Cl)C1.